The van der Waals surface area contributed by atoms with Gasteiger partial charge >= 0.3 is 0 Å². The van der Waals surface area contributed by atoms with Gasteiger partial charge in [0.15, 0.2) is 6.73 Å². The van der Waals surface area contributed by atoms with E-state index in [0.29, 0.717) is 6.10 Å². The molecule has 0 radical (unpaired) electrons. The molecule has 0 spiro atoms. The van der Waals surface area contributed by atoms with Crippen molar-refractivity contribution in [3.8, 4) is 0 Å². The molecule has 0 amide bonds. The first-order chi connectivity index (χ1) is 9.64. The van der Waals surface area contributed by atoms with Crippen LogP contribution in [0.1, 0.15) is 84.0 Å². The monoisotopic (exact) mass is 319 g/mol. The van der Waals surface area contributed by atoms with Crippen LogP contribution in [0.3, 0.4) is 0 Å². The van der Waals surface area contributed by atoms with Crippen LogP contribution in [0.5, 0.6) is 0 Å². The standard InChI is InChI=1S/C18H38NO.ClH/c1-4-5-6-7-8-9-10-13-16-19(2,3)17-20-18-14-11-12-15-18;/h18H,4-17H2,1-3H3;1H/q+1;/p-1. The first-order valence-electron chi connectivity index (χ1n) is 9.07. The van der Waals surface area contributed by atoms with E-state index >= 15 is 0 Å². The van der Waals surface area contributed by atoms with E-state index < -0.39 is 0 Å². The van der Waals surface area contributed by atoms with Crippen molar-refractivity contribution in [3.63, 3.8) is 0 Å². The maximum absolute atomic E-state index is 6.06. The quantitative estimate of drug-likeness (QED) is 0.304. The molecule has 1 aliphatic rings. The molecule has 1 saturated carbocycles. The van der Waals surface area contributed by atoms with Gasteiger partial charge in [0.05, 0.1) is 26.7 Å². The van der Waals surface area contributed by atoms with Crippen LogP contribution in [0.4, 0.5) is 0 Å². The molecule has 0 saturated heterocycles. The normalized spacial score (nSPS) is 16.1. The van der Waals surface area contributed by atoms with E-state index in [2.05, 4.69) is 21.0 Å². The number of unbranched alkanes of at least 4 members (excludes halogenated alkanes) is 7. The zero-order valence-electron chi connectivity index (χ0n) is 14.7. The largest absolute Gasteiger partial charge is 1.00 e. The minimum Gasteiger partial charge on any atom is -1.00 e. The molecule has 128 valence electrons. The molecule has 3 heteroatoms. The summed E-state index contributed by atoms with van der Waals surface area (Å²) < 4.78 is 7.10. The summed E-state index contributed by atoms with van der Waals surface area (Å²) in [6.07, 6.45) is 17.2. The van der Waals surface area contributed by atoms with E-state index in [4.69, 9.17) is 4.74 Å². The zero-order chi connectivity index (χ0) is 14.7. The van der Waals surface area contributed by atoms with Gasteiger partial charge in [-0.15, -0.1) is 0 Å². The zero-order valence-corrected chi connectivity index (χ0v) is 15.5. The number of hydrogen-bond donors (Lipinski definition) is 0. The molecular weight excluding hydrogens is 282 g/mol. The summed E-state index contributed by atoms with van der Waals surface area (Å²) in [4.78, 5) is 0. The van der Waals surface area contributed by atoms with Gasteiger partial charge in [0.1, 0.15) is 0 Å². The molecule has 0 unspecified atom stereocenters. The summed E-state index contributed by atoms with van der Waals surface area (Å²) in [6, 6.07) is 0. The van der Waals surface area contributed by atoms with Crippen LogP contribution in [-0.4, -0.2) is 38.0 Å². The maximum Gasteiger partial charge on any atom is 0.183 e. The van der Waals surface area contributed by atoms with Crippen LogP contribution < -0.4 is 12.4 Å². The molecule has 1 fully saturated rings. The van der Waals surface area contributed by atoms with E-state index in [0.717, 1.165) is 11.2 Å². The summed E-state index contributed by atoms with van der Waals surface area (Å²) in [5.74, 6) is 0. The Morgan fingerprint density at radius 1 is 0.857 bits per heavy atom. The van der Waals surface area contributed by atoms with Crippen molar-refractivity contribution < 1.29 is 21.6 Å². The highest BCUT2D eigenvalue weighted by molar-refractivity contribution is 4.65. The molecule has 0 aromatic carbocycles. The fourth-order valence-corrected chi connectivity index (χ4v) is 3.10. The molecule has 0 bridgehead atoms. The number of ether oxygens (including phenoxy) is 1. The third-order valence-corrected chi connectivity index (χ3v) is 4.58. The van der Waals surface area contributed by atoms with E-state index in [1.807, 2.05) is 0 Å². The van der Waals surface area contributed by atoms with Crippen LogP contribution in [0, 0.1) is 0 Å². The summed E-state index contributed by atoms with van der Waals surface area (Å²) in [5, 5.41) is 0. The predicted molar refractivity (Wildman–Crippen MR) is 87.8 cm³/mol. The Hall–Kier alpha value is 0.210. The summed E-state index contributed by atoms with van der Waals surface area (Å²) in [7, 11) is 4.63. The van der Waals surface area contributed by atoms with Crippen molar-refractivity contribution in [3.05, 3.63) is 0 Å². The highest BCUT2D eigenvalue weighted by Crippen LogP contribution is 2.21. The van der Waals surface area contributed by atoms with Gasteiger partial charge in [-0.25, -0.2) is 0 Å². The average molecular weight is 320 g/mol. The Morgan fingerprint density at radius 3 is 1.95 bits per heavy atom. The van der Waals surface area contributed by atoms with E-state index in [1.54, 1.807) is 0 Å². The first-order valence-corrected chi connectivity index (χ1v) is 9.07. The lowest BCUT2D eigenvalue weighted by Crippen LogP contribution is -3.00. The van der Waals surface area contributed by atoms with E-state index in [1.165, 1.54) is 83.6 Å². The summed E-state index contributed by atoms with van der Waals surface area (Å²) >= 11 is 0. The fraction of sp³-hybridized carbons (Fsp3) is 1.00. The van der Waals surface area contributed by atoms with Crippen molar-refractivity contribution in [1.82, 2.24) is 0 Å². The van der Waals surface area contributed by atoms with Gasteiger partial charge in [-0.3, -0.25) is 0 Å². The van der Waals surface area contributed by atoms with Crippen molar-refractivity contribution in [2.45, 2.75) is 90.1 Å². The molecule has 21 heavy (non-hydrogen) atoms. The number of halogens is 1. The van der Waals surface area contributed by atoms with Crippen LogP contribution in [-0.2, 0) is 4.74 Å². The van der Waals surface area contributed by atoms with E-state index in [9.17, 15) is 0 Å². The molecular formula is C18H38ClNO. The van der Waals surface area contributed by atoms with Crippen LogP contribution in [0.2, 0.25) is 0 Å². The van der Waals surface area contributed by atoms with Crippen molar-refractivity contribution in [2.75, 3.05) is 27.4 Å². The first kappa shape index (κ1) is 21.2. The summed E-state index contributed by atoms with van der Waals surface area (Å²) in [5.41, 5.74) is 0. The maximum atomic E-state index is 6.06. The molecule has 0 heterocycles. The predicted octanol–water partition coefficient (Wildman–Crippen LogP) is 2.12. The molecule has 1 aliphatic carbocycles. The highest BCUT2D eigenvalue weighted by Gasteiger charge is 2.20. The Morgan fingerprint density at radius 2 is 1.38 bits per heavy atom. The number of rotatable bonds is 12. The number of quaternary nitrogens is 1. The van der Waals surface area contributed by atoms with E-state index in [-0.39, 0.29) is 12.4 Å². The molecule has 0 atom stereocenters. The van der Waals surface area contributed by atoms with Gasteiger partial charge in [-0.05, 0) is 25.7 Å². The smallest absolute Gasteiger partial charge is 0.183 e. The minimum absolute atomic E-state index is 0. The minimum atomic E-state index is 0. The van der Waals surface area contributed by atoms with Crippen molar-refractivity contribution in [2.24, 2.45) is 0 Å². The molecule has 0 aliphatic heterocycles. The fourth-order valence-electron chi connectivity index (χ4n) is 3.10. The van der Waals surface area contributed by atoms with Gasteiger partial charge in [0.25, 0.3) is 0 Å². The second-order valence-electron chi connectivity index (χ2n) is 7.34. The lowest BCUT2D eigenvalue weighted by atomic mass is 10.1. The van der Waals surface area contributed by atoms with Gasteiger partial charge in [-0.2, -0.15) is 0 Å². The van der Waals surface area contributed by atoms with Crippen LogP contribution in [0.15, 0.2) is 0 Å². The van der Waals surface area contributed by atoms with Crippen molar-refractivity contribution >= 4 is 0 Å². The third-order valence-electron chi connectivity index (χ3n) is 4.58. The second-order valence-corrected chi connectivity index (χ2v) is 7.34. The SMILES string of the molecule is CCCCCCCCCC[N+](C)(C)COC1CCCC1.[Cl-]. The van der Waals surface area contributed by atoms with Gasteiger partial charge in [-0.1, -0.05) is 58.3 Å². The molecule has 1 rings (SSSR count). The third kappa shape index (κ3) is 11.4. The van der Waals surface area contributed by atoms with Crippen LogP contribution >= 0.6 is 0 Å². The lowest BCUT2D eigenvalue weighted by Gasteiger charge is -2.30. The van der Waals surface area contributed by atoms with Crippen LogP contribution in [0.25, 0.3) is 0 Å². The average Bonchev–Trinajstić information content (AvgIpc) is 2.93. The molecule has 0 aromatic rings. The number of nitrogens with zero attached hydrogens (tertiary/aromatic N) is 1. The lowest BCUT2D eigenvalue weighted by molar-refractivity contribution is -0.910. The Kier molecular flexibility index (Phi) is 12.9. The van der Waals surface area contributed by atoms with Gasteiger partial charge in [0, 0.05) is 0 Å². The Labute approximate surface area is 139 Å². The molecule has 0 N–H and O–H groups in total. The van der Waals surface area contributed by atoms with Gasteiger partial charge < -0.3 is 21.6 Å². The molecule has 0 aromatic heterocycles. The highest BCUT2D eigenvalue weighted by atomic mass is 35.5. The Balaban J connectivity index is 0.00000400. The summed E-state index contributed by atoms with van der Waals surface area (Å²) in [6.45, 7) is 4.45. The second kappa shape index (κ2) is 12.7. The Bertz CT molecular complexity index is 227. The molecule has 2 nitrogen and oxygen atoms in total. The van der Waals surface area contributed by atoms with Crippen molar-refractivity contribution in [1.29, 1.82) is 0 Å². The van der Waals surface area contributed by atoms with Gasteiger partial charge in [0.2, 0.25) is 0 Å². The number of hydrogen-bond acceptors (Lipinski definition) is 1. The topological polar surface area (TPSA) is 9.23 Å².